The number of thioether (sulfide) groups is 1. The van der Waals surface area contributed by atoms with Crippen LogP contribution in [0.1, 0.15) is 57.7 Å². The highest BCUT2D eigenvalue weighted by Crippen LogP contribution is 2.41. The second-order valence-corrected chi connectivity index (χ2v) is 13.0. The number of hydrogen-bond donors (Lipinski definition) is 3. The number of aromatic hydroxyl groups is 1. The molecule has 0 heterocycles. The number of aryl methyl sites for hydroxylation is 1. The monoisotopic (exact) mass is 591 g/mol. The molecule has 4 unspecified atom stereocenters. The number of phenolic OH excluding ortho intramolecular Hbond substituents is 1. The molecule has 9 heteroatoms. The van der Waals surface area contributed by atoms with Crippen molar-refractivity contribution >= 4 is 46.1 Å². The van der Waals surface area contributed by atoms with Crippen LogP contribution in [-0.4, -0.2) is 57.6 Å². The van der Waals surface area contributed by atoms with Gasteiger partial charge in [-0.15, -0.1) is 0 Å². The van der Waals surface area contributed by atoms with Gasteiger partial charge < -0.3 is 25.4 Å². The number of nitrogens with one attached hydrogen (secondary N) is 2. The lowest BCUT2D eigenvalue weighted by atomic mass is 9.99. The highest BCUT2D eigenvalue weighted by Gasteiger charge is 2.48. The van der Waals surface area contributed by atoms with Crippen molar-refractivity contribution in [2.24, 2.45) is 5.92 Å². The summed E-state index contributed by atoms with van der Waals surface area (Å²) in [5, 5.41) is 18.1. The summed E-state index contributed by atoms with van der Waals surface area (Å²) in [6.45, 7) is 9.11. The minimum atomic E-state index is -0.990. The lowest BCUT2D eigenvalue weighted by Crippen LogP contribution is -2.53. The summed E-state index contributed by atoms with van der Waals surface area (Å²) in [5.74, 6) is 0.213. The van der Waals surface area contributed by atoms with E-state index in [2.05, 4.69) is 10.6 Å². The van der Waals surface area contributed by atoms with E-state index in [9.17, 15) is 19.5 Å². The third kappa shape index (κ3) is 7.76. The standard InChI is InChI=1S/C33H41N3O5S/c1-20-18-27(20)36(31(39)26(15-16-42-6)35-32(40)41-33(3,4)5)29(24-12-14-28(37)21(2)17-24)30(38)34-25-13-11-22-9-7-8-10-23(22)19-25/h7-14,17,19-20,26-27,29,37H,15-16,18H2,1-6H3,(H,34,38)(H,35,40). The highest BCUT2D eigenvalue weighted by molar-refractivity contribution is 7.98. The maximum absolute atomic E-state index is 14.4. The summed E-state index contributed by atoms with van der Waals surface area (Å²) in [7, 11) is 0. The number of alkyl carbamates (subject to hydrolysis) is 1. The minimum Gasteiger partial charge on any atom is -0.508 e. The van der Waals surface area contributed by atoms with Gasteiger partial charge in [-0.25, -0.2) is 4.79 Å². The summed E-state index contributed by atoms with van der Waals surface area (Å²) in [4.78, 5) is 43.0. The van der Waals surface area contributed by atoms with Gasteiger partial charge in [-0.2, -0.15) is 11.8 Å². The number of phenols is 1. The Morgan fingerprint density at radius 3 is 2.38 bits per heavy atom. The van der Waals surface area contributed by atoms with Gasteiger partial charge in [0, 0.05) is 11.7 Å². The summed E-state index contributed by atoms with van der Waals surface area (Å²) in [6.07, 6.45) is 2.38. The molecule has 1 aliphatic rings. The first-order valence-corrected chi connectivity index (χ1v) is 15.7. The molecule has 4 atom stereocenters. The molecule has 3 aromatic rings. The zero-order valence-electron chi connectivity index (χ0n) is 25.1. The van der Waals surface area contributed by atoms with E-state index in [1.54, 1.807) is 62.6 Å². The summed E-state index contributed by atoms with van der Waals surface area (Å²) >= 11 is 1.57. The van der Waals surface area contributed by atoms with E-state index in [0.717, 1.165) is 17.2 Å². The molecule has 0 spiro atoms. The first-order chi connectivity index (χ1) is 19.9. The molecule has 0 bridgehead atoms. The van der Waals surface area contributed by atoms with Crippen molar-refractivity contribution in [1.82, 2.24) is 10.2 Å². The van der Waals surface area contributed by atoms with Crippen molar-refractivity contribution in [2.75, 3.05) is 17.3 Å². The van der Waals surface area contributed by atoms with Gasteiger partial charge in [0.25, 0.3) is 5.91 Å². The molecule has 0 radical (unpaired) electrons. The summed E-state index contributed by atoms with van der Waals surface area (Å²) in [5.41, 5.74) is 1.06. The lowest BCUT2D eigenvalue weighted by molar-refractivity contribution is -0.141. The molecule has 224 valence electrons. The number of benzene rings is 3. The fraction of sp³-hybridized carbons (Fsp3) is 0.424. The van der Waals surface area contributed by atoms with Gasteiger partial charge in [0.2, 0.25) is 5.91 Å². The molecular weight excluding hydrogens is 550 g/mol. The number of rotatable bonds is 10. The third-order valence-corrected chi connectivity index (χ3v) is 8.00. The molecular formula is C33H41N3O5S. The van der Waals surface area contributed by atoms with Crippen LogP contribution >= 0.6 is 11.8 Å². The Bertz CT molecular complexity index is 1450. The Morgan fingerprint density at radius 2 is 1.76 bits per heavy atom. The fourth-order valence-corrected chi connectivity index (χ4v) is 5.53. The number of anilines is 1. The van der Waals surface area contributed by atoms with E-state index in [-0.39, 0.29) is 29.5 Å². The fourth-order valence-electron chi connectivity index (χ4n) is 5.06. The van der Waals surface area contributed by atoms with Crippen LogP contribution in [0.25, 0.3) is 10.8 Å². The Balaban J connectivity index is 1.73. The molecule has 3 N–H and O–H groups in total. The molecule has 3 aromatic carbocycles. The molecule has 8 nitrogen and oxygen atoms in total. The van der Waals surface area contributed by atoms with Crippen LogP contribution in [0, 0.1) is 12.8 Å². The van der Waals surface area contributed by atoms with Gasteiger partial charge in [0.1, 0.15) is 23.4 Å². The number of fused-ring (bicyclic) bond motifs is 1. The first-order valence-electron chi connectivity index (χ1n) is 14.3. The SMILES string of the molecule is CSCCC(NC(=O)OC(C)(C)C)C(=O)N(C(C(=O)Nc1ccc2ccccc2c1)c1ccc(O)c(C)c1)C1CC1C. The summed E-state index contributed by atoms with van der Waals surface area (Å²) in [6, 6.07) is 16.5. The molecule has 1 fully saturated rings. The van der Waals surface area contributed by atoms with Crippen molar-refractivity contribution in [1.29, 1.82) is 0 Å². The van der Waals surface area contributed by atoms with Gasteiger partial charge in [0.05, 0.1) is 0 Å². The van der Waals surface area contributed by atoms with Crippen molar-refractivity contribution in [3.05, 3.63) is 71.8 Å². The van der Waals surface area contributed by atoms with Crippen LogP contribution in [0.3, 0.4) is 0 Å². The number of carbonyl (C=O) groups is 3. The van der Waals surface area contributed by atoms with Gasteiger partial charge in [0.15, 0.2) is 0 Å². The third-order valence-electron chi connectivity index (χ3n) is 7.36. The Morgan fingerprint density at radius 1 is 1.07 bits per heavy atom. The van der Waals surface area contributed by atoms with E-state index in [0.29, 0.717) is 29.0 Å². The first kappa shape index (κ1) is 31.2. The van der Waals surface area contributed by atoms with Crippen molar-refractivity contribution in [3.8, 4) is 5.75 Å². The molecule has 3 amide bonds. The van der Waals surface area contributed by atoms with E-state index in [1.165, 1.54) is 0 Å². The predicted octanol–water partition coefficient (Wildman–Crippen LogP) is 6.42. The number of ether oxygens (including phenoxy) is 1. The normalized spacial score (nSPS) is 17.7. The van der Waals surface area contributed by atoms with Gasteiger partial charge in [-0.3, -0.25) is 9.59 Å². The molecule has 0 aliphatic heterocycles. The average Bonchev–Trinajstić information content (AvgIpc) is 3.65. The number of hydrogen-bond acceptors (Lipinski definition) is 6. The molecule has 1 saturated carbocycles. The van der Waals surface area contributed by atoms with Crippen LogP contribution in [0.2, 0.25) is 0 Å². The minimum absolute atomic E-state index is 0.106. The zero-order chi connectivity index (χ0) is 30.6. The maximum Gasteiger partial charge on any atom is 0.408 e. The zero-order valence-corrected chi connectivity index (χ0v) is 26.0. The topological polar surface area (TPSA) is 108 Å². The molecule has 0 aromatic heterocycles. The van der Waals surface area contributed by atoms with Gasteiger partial charge in [-0.05, 0) is 105 Å². The van der Waals surface area contributed by atoms with E-state index >= 15 is 0 Å². The van der Waals surface area contributed by atoms with Crippen LogP contribution in [0.5, 0.6) is 5.75 Å². The molecule has 0 saturated heterocycles. The van der Waals surface area contributed by atoms with Gasteiger partial charge in [-0.1, -0.05) is 43.3 Å². The van der Waals surface area contributed by atoms with Crippen molar-refractivity contribution in [3.63, 3.8) is 0 Å². The molecule has 42 heavy (non-hydrogen) atoms. The molecule has 4 rings (SSSR count). The second-order valence-electron chi connectivity index (χ2n) is 12.0. The number of amides is 3. The van der Waals surface area contributed by atoms with Crippen molar-refractivity contribution < 1.29 is 24.2 Å². The number of nitrogens with zero attached hydrogens (tertiary/aromatic N) is 1. The van der Waals surface area contributed by atoms with Crippen LogP contribution in [0.15, 0.2) is 60.7 Å². The van der Waals surface area contributed by atoms with Gasteiger partial charge >= 0.3 is 6.09 Å². The Labute approximate surface area is 252 Å². The van der Waals surface area contributed by atoms with E-state index in [1.807, 2.05) is 55.6 Å². The predicted molar refractivity (Wildman–Crippen MR) is 169 cm³/mol. The van der Waals surface area contributed by atoms with Crippen LogP contribution in [-0.2, 0) is 14.3 Å². The van der Waals surface area contributed by atoms with E-state index in [4.69, 9.17) is 4.74 Å². The Kier molecular flexibility index (Phi) is 9.71. The van der Waals surface area contributed by atoms with E-state index < -0.39 is 23.8 Å². The second kappa shape index (κ2) is 13.1. The van der Waals surface area contributed by atoms with Crippen LogP contribution < -0.4 is 10.6 Å². The number of carbonyl (C=O) groups excluding carboxylic acids is 3. The van der Waals surface area contributed by atoms with Crippen LogP contribution in [0.4, 0.5) is 10.5 Å². The quantitative estimate of drug-likeness (QED) is 0.251. The average molecular weight is 592 g/mol. The molecule has 1 aliphatic carbocycles. The Hall–Kier alpha value is -3.72. The lowest BCUT2D eigenvalue weighted by Gasteiger charge is -2.35. The summed E-state index contributed by atoms with van der Waals surface area (Å²) < 4.78 is 5.48. The smallest absolute Gasteiger partial charge is 0.408 e. The largest absolute Gasteiger partial charge is 0.508 e. The maximum atomic E-state index is 14.4. The van der Waals surface area contributed by atoms with Crippen molar-refractivity contribution in [2.45, 2.75) is 71.2 Å². The highest BCUT2D eigenvalue weighted by atomic mass is 32.2.